The van der Waals surface area contributed by atoms with Gasteiger partial charge in [-0.3, -0.25) is 0 Å². The molecule has 0 heterocycles. The quantitative estimate of drug-likeness (QED) is 0.813. The summed E-state index contributed by atoms with van der Waals surface area (Å²) >= 11 is 5.79. The van der Waals surface area contributed by atoms with Crippen LogP contribution in [0.5, 0.6) is 11.5 Å². The second-order valence-corrected chi connectivity index (χ2v) is 2.88. The lowest BCUT2D eigenvalue weighted by atomic mass is 10.2. The minimum Gasteiger partial charge on any atom is -0.496 e. The van der Waals surface area contributed by atoms with Gasteiger partial charge in [-0.15, -0.1) is 0 Å². The topological polar surface area (TPSA) is 38.7 Å². The third-order valence-electron chi connectivity index (χ3n) is 1.73. The van der Waals surface area contributed by atoms with Crippen molar-refractivity contribution >= 4 is 11.6 Å². The summed E-state index contributed by atoms with van der Waals surface area (Å²) in [7, 11) is 3.04. The molecule has 0 bridgehead atoms. The van der Waals surface area contributed by atoms with Gasteiger partial charge in [-0.2, -0.15) is 0 Å². The lowest BCUT2D eigenvalue weighted by Crippen LogP contribution is -1.96. The van der Waals surface area contributed by atoms with E-state index in [9.17, 15) is 0 Å². The van der Waals surface area contributed by atoms with E-state index in [0.717, 1.165) is 0 Å². The molecule has 0 saturated carbocycles. The number of aliphatic hydroxyl groups excluding tert-OH is 1. The average molecular weight is 203 g/mol. The van der Waals surface area contributed by atoms with Crippen LogP contribution < -0.4 is 9.47 Å². The highest BCUT2D eigenvalue weighted by Gasteiger charge is 2.10. The van der Waals surface area contributed by atoms with E-state index in [1.807, 2.05) is 0 Å². The van der Waals surface area contributed by atoms with Crippen molar-refractivity contribution in [3.8, 4) is 11.5 Å². The van der Waals surface area contributed by atoms with E-state index >= 15 is 0 Å². The van der Waals surface area contributed by atoms with Crippen LogP contribution >= 0.6 is 11.6 Å². The second-order valence-electron chi connectivity index (χ2n) is 2.45. The zero-order chi connectivity index (χ0) is 9.84. The Morgan fingerprint density at radius 2 is 1.69 bits per heavy atom. The number of halogens is 1. The van der Waals surface area contributed by atoms with E-state index in [-0.39, 0.29) is 6.61 Å². The van der Waals surface area contributed by atoms with E-state index in [4.69, 9.17) is 26.2 Å². The first-order valence-corrected chi connectivity index (χ1v) is 4.12. The molecule has 1 aromatic carbocycles. The van der Waals surface area contributed by atoms with Gasteiger partial charge >= 0.3 is 0 Å². The maximum atomic E-state index is 9.05. The molecule has 13 heavy (non-hydrogen) atoms. The molecular weight excluding hydrogens is 192 g/mol. The van der Waals surface area contributed by atoms with Crippen molar-refractivity contribution in [2.75, 3.05) is 14.2 Å². The van der Waals surface area contributed by atoms with Crippen molar-refractivity contribution in [3.63, 3.8) is 0 Å². The summed E-state index contributed by atoms with van der Waals surface area (Å²) in [6.45, 7) is -0.135. The second kappa shape index (κ2) is 4.35. The largest absolute Gasteiger partial charge is 0.496 e. The van der Waals surface area contributed by atoms with Gasteiger partial charge in [0.1, 0.15) is 11.5 Å². The minimum atomic E-state index is -0.135. The molecule has 0 aromatic heterocycles. The van der Waals surface area contributed by atoms with Gasteiger partial charge in [0.2, 0.25) is 0 Å². The fourth-order valence-corrected chi connectivity index (χ4v) is 1.31. The van der Waals surface area contributed by atoms with E-state index in [1.54, 1.807) is 12.1 Å². The first-order chi connectivity index (χ1) is 6.22. The molecular formula is C9H11ClO3. The van der Waals surface area contributed by atoms with Gasteiger partial charge in [-0.05, 0) is 12.1 Å². The maximum Gasteiger partial charge on any atom is 0.129 e. The van der Waals surface area contributed by atoms with Crippen LogP contribution in [-0.2, 0) is 6.61 Å². The number of benzene rings is 1. The Morgan fingerprint density at radius 1 is 1.23 bits per heavy atom. The normalized spacial score (nSPS) is 9.85. The predicted octanol–water partition coefficient (Wildman–Crippen LogP) is 1.85. The number of aliphatic hydroxyl groups is 1. The van der Waals surface area contributed by atoms with Crippen molar-refractivity contribution in [2.45, 2.75) is 6.61 Å². The van der Waals surface area contributed by atoms with Gasteiger partial charge < -0.3 is 14.6 Å². The highest BCUT2D eigenvalue weighted by Crippen LogP contribution is 2.32. The van der Waals surface area contributed by atoms with Gasteiger partial charge in [0.05, 0.1) is 26.4 Å². The SMILES string of the molecule is COc1cc(Cl)cc(OC)c1CO. The van der Waals surface area contributed by atoms with E-state index < -0.39 is 0 Å². The lowest BCUT2D eigenvalue weighted by molar-refractivity contribution is 0.265. The van der Waals surface area contributed by atoms with Gasteiger partial charge in [0.25, 0.3) is 0 Å². The molecule has 4 heteroatoms. The van der Waals surface area contributed by atoms with Crippen LogP contribution in [-0.4, -0.2) is 19.3 Å². The summed E-state index contributed by atoms with van der Waals surface area (Å²) in [6.07, 6.45) is 0. The molecule has 72 valence electrons. The Labute approximate surface area is 81.9 Å². The molecule has 1 N–H and O–H groups in total. The van der Waals surface area contributed by atoms with Crippen molar-refractivity contribution < 1.29 is 14.6 Å². The van der Waals surface area contributed by atoms with Crippen LogP contribution in [0.4, 0.5) is 0 Å². The van der Waals surface area contributed by atoms with Crippen molar-refractivity contribution in [3.05, 3.63) is 22.7 Å². The lowest BCUT2D eigenvalue weighted by Gasteiger charge is -2.11. The molecule has 0 spiro atoms. The molecule has 1 rings (SSSR count). The van der Waals surface area contributed by atoms with Gasteiger partial charge in [-0.1, -0.05) is 11.6 Å². The Balaban J connectivity index is 3.25. The van der Waals surface area contributed by atoms with Crippen molar-refractivity contribution in [1.29, 1.82) is 0 Å². The highest BCUT2D eigenvalue weighted by atomic mass is 35.5. The van der Waals surface area contributed by atoms with Crippen LogP contribution in [0.15, 0.2) is 12.1 Å². The molecule has 0 radical (unpaired) electrons. The average Bonchev–Trinajstić information content (AvgIpc) is 2.16. The monoisotopic (exact) mass is 202 g/mol. The zero-order valence-corrected chi connectivity index (χ0v) is 8.26. The van der Waals surface area contributed by atoms with Gasteiger partial charge in [0.15, 0.2) is 0 Å². The Morgan fingerprint density at radius 3 is 2.00 bits per heavy atom. The number of hydrogen-bond donors (Lipinski definition) is 1. The van der Waals surface area contributed by atoms with Crippen LogP contribution in [0.3, 0.4) is 0 Å². The van der Waals surface area contributed by atoms with E-state index in [0.29, 0.717) is 22.1 Å². The van der Waals surface area contributed by atoms with Crippen LogP contribution in [0.2, 0.25) is 5.02 Å². The highest BCUT2D eigenvalue weighted by molar-refractivity contribution is 6.30. The molecule has 0 saturated heterocycles. The fourth-order valence-electron chi connectivity index (χ4n) is 1.11. The van der Waals surface area contributed by atoms with Gasteiger partial charge in [0, 0.05) is 5.02 Å². The molecule has 0 aliphatic heterocycles. The summed E-state index contributed by atoms with van der Waals surface area (Å²) in [5, 5.41) is 9.57. The molecule has 0 atom stereocenters. The third-order valence-corrected chi connectivity index (χ3v) is 1.95. The Hall–Kier alpha value is -0.930. The standard InChI is InChI=1S/C9H11ClO3/c1-12-8-3-6(10)4-9(13-2)7(8)5-11/h3-4,11H,5H2,1-2H3. The van der Waals surface area contributed by atoms with Gasteiger partial charge in [-0.25, -0.2) is 0 Å². The van der Waals surface area contributed by atoms with Crippen molar-refractivity contribution in [1.82, 2.24) is 0 Å². The third kappa shape index (κ3) is 2.05. The van der Waals surface area contributed by atoms with Crippen LogP contribution in [0.25, 0.3) is 0 Å². The molecule has 1 aromatic rings. The van der Waals surface area contributed by atoms with Crippen molar-refractivity contribution in [2.24, 2.45) is 0 Å². The molecule has 0 aliphatic rings. The summed E-state index contributed by atoms with van der Waals surface area (Å²) in [6, 6.07) is 3.27. The molecule has 0 unspecified atom stereocenters. The predicted molar refractivity (Wildman–Crippen MR) is 50.5 cm³/mol. The Bertz CT molecular complexity index is 274. The zero-order valence-electron chi connectivity index (χ0n) is 7.50. The number of ether oxygens (including phenoxy) is 2. The van der Waals surface area contributed by atoms with Crippen LogP contribution in [0, 0.1) is 0 Å². The first-order valence-electron chi connectivity index (χ1n) is 3.74. The number of hydrogen-bond acceptors (Lipinski definition) is 3. The summed E-state index contributed by atoms with van der Waals surface area (Å²) in [5.41, 5.74) is 0.606. The fraction of sp³-hybridized carbons (Fsp3) is 0.333. The number of rotatable bonds is 3. The Kier molecular flexibility index (Phi) is 3.39. The maximum absolute atomic E-state index is 9.05. The van der Waals surface area contributed by atoms with Crippen LogP contribution in [0.1, 0.15) is 5.56 Å². The summed E-state index contributed by atoms with van der Waals surface area (Å²) in [4.78, 5) is 0. The summed E-state index contributed by atoms with van der Waals surface area (Å²) < 4.78 is 10.1. The molecule has 3 nitrogen and oxygen atoms in total. The first kappa shape index (κ1) is 10.2. The molecule has 0 fully saturated rings. The minimum absolute atomic E-state index is 0.135. The number of methoxy groups -OCH3 is 2. The van der Waals surface area contributed by atoms with E-state index in [1.165, 1.54) is 14.2 Å². The molecule has 0 aliphatic carbocycles. The molecule has 0 amide bonds. The summed E-state index contributed by atoms with van der Waals surface area (Å²) in [5.74, 6) is 1.07. The smallest absolute Gasteiger partial charge is 0.129 e. The van der Waals surface area contributed by atoms with E-state index in [2.05, 4.69) is 0 Å².